The van der Waals surface area contributed by atoms with Crippen LogP contribution in [0.25, 0.3) is 10.8 Å². The van der Waals surface area contributed by atoms with Crippen LogP contribution in [0.3, 0.4) is 0 Å². The summed E-state index contributed by atoms with van der Waals surface area (Å²) < 4.78 is 0. The van der Waals surface area contributed by atoms with Gasteiger partial charge in [-0.25, -0.2) is 0 Å². The van der Waals surface area contributed by atoms with E-state index < -0.39 is 0 Å². The van der Waals surface area contributed by atoms with Crippen LogP contribution in [0.1, 0.15) is 11.1 Å². The summed E-state index contributed by atoms with van der Waals surface area (Å²) in [7, 11) is 0. The summed E-state index contributed by atoms with van der Waals surface area (Å²) in [5.74, 6) is -0.650. The molecule has 6 nitrogen and oxygen atoms in total. The molecule has 0 fully saturated rings. The van der Waals surface area contributed by atoms with Crippen LogP contribution in [0.5, 0.6) is 17.4 Å². The normalized spacial score (nSPS) is 11.3. The van der Waals surface area contributed by atoms with Gasteiger partial charge < -0.3 is 15.3 Å². The van der Waals surface area contributed by atoms with E-state index >= 15 is 0 Å². The molecule has 0 aliphatic heterocycles. The molecule has 1 heterocycles. The molecule has 1 aromatic heterocycles. The van der Waals surface area contributed by atoms with Crippen LogP contribution in [0.2, 0.25) is 0 Å². The number of benzene rings is 2. The number of nitrogens with one attached hydrogen (secondary N) is 1. The van der Waals surface area contributed by atoms with Crippen molar-refractivity contribution in [2.24, 2.45) is 4.99 Å². The molecule has 0 atom stereocenters. The lowest BCUT2D eigenvalue weighted by Gasteiger charge is -2.04. The summed E-state index contributed by atoms with van der Waals surface area (Å²) in [5, 5.41) is 29.7. The van der Waals surface area contributed by atoms with Crippen LogP contribution in [0, 0.1) is 0 Å². The van der Waals surface area contributed by atoms with Crippen LogP contribution in [-0.2, 0) is 6.54 Å². The second-order valence-corrected chi connectivity index (χ2v) is 5.05. The van der Waals surface area contributed by atoms with Crippen LogP contribution in [0.15, 0.2) is 52.3 Å². The van der Waals surface area contributed by atoms with Gasteiger partial charge in [0, 0.05) is 17.0 Å². The van der Waals surface area contributed by atoms with Crippen molar-refractivity contribution in [1.82, 2.24) is 4.98 Å². The van der Waals surface area contributed by atoms with Crippen molar-refractivity contribution in [2.45, 2.75) is 6.54 Å². The largest absolute Gasteiger partial charge is 0.504 e. The Morgan fingerprint density at radius 1 is 1.00 bits per heavy atom. The van der Waals surface area contributed by atoms with Crippen molar-refractivity contribution >= 4 is 17.0 Å². The standard InChI is InChI=1S/C17H14N2O4/c20-14-6-5-10(7-15(14)21)8-18-9-13-11-3-1-2-4-12(11)16(22)19-17(13)23/h1-7,9,20-21H,8H2,(H2,19,22,23). The lowest BCUT2D eigenvalue weighted by atomic mass is 10.1. The first kappa shape index (κ1) is 14.6. The van der Waals surface area contributed by atoms with Crippen molar-refractivity contribution in [2.75, 3.05) is 0 Å². The first-order valence-corrected chi connectivity index (χ1v) is 6.91. The number of hydrogen-bond donors (Lipinski definition) is 4. The molecule has 0 spiro atoms. The Labute approximate surface area is 131 Å². The monoisotopic (exact) mass is 310 g/mol. The van der Waals surface area contributed by atoms with E-state index in [2.05, 4.69) is 9.98 Å². The van der Waals surface area contributed by atoms with Gasteiger partial charge in [0.05, 0.1) is 12.1 Å². The van der Waals surface area contributed by atoms with Crippen LogP contribution < -0.4 is 5.56 Å². The number of phenols is 2. The fraction of sp³-hybridized carbons (Fsp3) is 0.0588. The third-order valence-electron chi connectivity index (χ3n) is 3.48. The summed E-state index contributed by atoms with van der Waals surface area (Å²) in [6, 6.07) is 11.4. The van der Waals surface area contributed by atoms with Crippen LogP contribution in [-0.4, -0.2) is 26.5 Å². The average molecular weight is 310 g/mol. The van der Waals surface area contributed by atoms with Gasteiger partial charge in [-0.05, 0) is 23.8 Å². The van der Waals surface area contributed by atoms with E-state index in [4.69, 9.17) is 0 Å². The second kappa shape index (κ2) is 5.84. The molecular weight excluding hydrogens is 296 g/mol. The van der Waals surface area contributed by atoms with E-state index in [-0.39, 0.29) is 29.5 Å². The first-order valence-electron chi connectivity index (χ1n) is 6.91. The Morgan fingerprint density at radius 3 is 2.48 bits per heavy atom. The number of aromatic nitrogens is 1. The number of H-pyrrole nitrogens is 1. The van der Waals surface area contributed by atoms with Gasteiger partial charge in [0.25, 0.3) is 5.56 Å². The molecule has 4 N–H and O–H groups in total. The molecule has 0 unspecified atom stereocenters. The summed E-state index contributed by atoms with van der Waals surface area (Å²) in [5.41, 5.74) is 0.756. The van der Waals surface area contributed by atoms with Crippen LogP contribution in [0.4, 0.5) is 0 Å². The van der Waals surface area contributed by atoms with Crippen molar-refractivity contribution in [1.29, 1.82) is 0 Å². The predicted octanol–water partition coefficient (Wildman–Crippen LogP) is 2.26. The third kappa shape index (κ3) is 2.87. The number of fused-ring (bicyclic) bond motifs is 1. The van der Waals surface area contributed by atoms with Gasteiger partial charge in [-0.15, -0.1) is 0 Å². The van der Waals surface area contributed by atoms with Gasteiger partial charge >= 0.3 is 0 Å². The number of rotatable bonds is 3. The summed E-state index contributed by atoms with van der Waals surface area (Å²) in [6.45, 7) is 0.251. The van der Waals surface area contributed by atoms with E-state index in [1.807, 2.05) is 0 Å². The quantitative estimate of drug-likeness (QED) is 0.440. The topological polar surface area (TPSA) is 106 Å². The van der Waals surface area contributed by atoms with Crippen molar-refractivity contribution in [3.8, 4) is 17.4 Å². The van der Waals surface area contributed by atoms with E-state index in [0.717, 1.165) is 0 Å². The van der Waals surface area contributed by atoms with Gasteiger partial charge in [0.15, 0.2) is 11.5 Å². The van der Waals surface area contributed by atoms with Gasteiger partial charge in [-0.1, -0.05) is 24.3 Å². The molecular formula is C17H14N2O4. The summed E-state index contributed by atoms with van der Waals surface area (Å²) in [6.07, 6.45) is 1.47. The molecule has 0 radical (unpaired) electrons. The Balaban J connectivity index is 1.95. The van der Waals surface area contributed by atoms with Crippen LogP contribution >= 0.6 is 0 Å². The Hall–Kier alpha value is -3.28. The molecule has 3 aromatic rings. The predicted molar refractivity (Wildman–Crippen MR) is 87.3 cm³/mol. The minimum absolute atomic E-state index is 0.193. The van der Waals surface area contributed by atoms with Gasteiger partial charge in [-0.3, -0.25) is 14.8 Å². The Bertz CT molecular complexity index is 960. The van der Waals surface area contributed by atoms with Gasteiger partial charge in [-0.2, -0.15) is 0 Å². The van der Waals surface area contributed by atoms with Gasteiger partial charge in [0.2, 0.25) is 5.88 Å². The number of aliphatic imine (C=N–C) groups is 1. The molecule has 0 aliphatic carbocycles. The van der Waals surface area contributed by atoms with E-state index in [0.29, 0.717) is 21.9 Å². The lowest BCUT2D eigenvalue weighted by molar-refractivity contribution is 0.403. The summed E-state index contributed by atoms with van der Waals surface area (Å²) >= 11 is 0. The molecule has 0 saturated carbocycles. The fourth-order valence-corrected chi connectivity index (χ4v) is 2.33. The molecule has 6 heteroatoms. The number of pyridine rings is 1. The molecule has 116 valence electrons. The third-order valence-corrected chi connectivity index (χ3v) is 3.48. The highest BCUT2D eigenvalue weighted by Crippen LogP contribution is 2.25. The number of nitrogens with zero attached hydrogens (tertiary/aromatic N) is 1. The number of aromatic amines is 1. The lowest BCUT2D eigenvalue weighted by Crippen LogP contribution is -2.07. The maximum atomic E-state index is 11.8. The molecule has 0 saturated heterocycles. The Morgan fingerprint density at radius 2 is 1.74 bits per heavy atom. The zero-order valence-electron chi connectivity index (χ0n) is 12.0. The van der Waals surface area contributed by atoms with E-state index in [9.17, 15) is 20.1 Å². The SMILES string of the molecule is O=c1[nH]c(O)c(C=NCc2ccc(O)c(O)c2)c2ccccc12. The second-order valence-electron chi connectivity index (χ2n) is 5.05. The number of hydrogen-bond acceptors (Lipinski definition) is 5. The summed E-state index contributed by atoms with van der Waals surface area (Å²) in [4.78, 5) is 18.4. The maximum absolute atomic E-state index is 11.8. The van der Waals surface area contributed by atoms with Crippen molar-refractivity contribution in [3.05, 3.63) is 63.9 Å². The Kier molecular flexibility index (Phi) is 3.72. The minimum atomic E-state index is -0.362. The van der Waals surface area contributed by atoms with Crippen molar-refractivity contribution < 1.29 is 15.3 Å². The molecule has 0 bridgehead atoms. The highest BCUT2D eigenvalue weighted by atomic mass is 16.3. The number of aromatic hydroxyl groups is 3. The van der Waals surface area contributed by atoms with E-state index in [1.165, 1.54) is 18.3 Å². The fourth-order valence-electron chi connectivity index (χ4n) is 2.33. The van der Waals surface area contributed by atoms with Gasteiger partial charge in [0.1, 0.15) is 0 Å². The molecule has 0 amide bonds. The smallest absolute Gasteiger partial charge is 0.258 e. The highest BCUT2D eigenvalue weighted by molar-refractivity contribution is 6.01. The molecule has 3 rings (SSSR count). The van der Waals surface area contributed by atoms with Crippen molar-refractivity contribution in [3.63, 3.8) is 0 Å². The molecule has 0 aliphatic rings. The maximum Gasteiger partial charge on any atom is 0.258 e. The minimum Gasteiger partial charge on any atom is -0.504 e. The number of phenolic OH excluding ortho intramolecular Hbond substituents is 2. The zero-order valence-corrected chi connectivity index (χ0v) is 12.0. The van der Waals surface area contributed by atoms with E-state index in [1.54, 1.807) is 30.3 Å². The zero-order chi connectivity index (χ0) is 16.4. The average Bonchev–Trinajstić information content (AvgIpc) is 2.54. The highest BCUT2D eigenvalue weighted by Gasteiger charge is 2.08. The molecule has 23 heavy (non-hydrogen) atoms. The first-order chi connectivity index (χ1) is 11.1. The molecule has 2 aromatic carbocycles.